The molecule has 18 heavy (non-hydrogen) atoms. The number of nitrogens with zero attached hydrogens (tertiary/aromatic N) is 4. The number of H-pyrrole nitrogens is 1. The third kappa shape index (κ3) is 2.57. The van der Waals surface area contributed by atoms with Gasteiger partial charge in [-0.05, 0) is 18.2 Å². The minimum atomic E-state index is 0.201. The first kappa shape index (κ1) is 11.9. The van der Waals surface area contributed by atoms with E-state index in [1.54, 1.807) is 11.0 Å². The van der Waals surface area contributed by atoms with Crippen LogP contribution in [0.1, 0.15) is 5.82 Å². The highest BCUT2D eigenvalue weighted by molar-refractivity contribution is 5.78. The molecule has 2 rings (SSSR count). The lowest BCUT2D eigenvalue weighted by Gasteiger charge is -2.12. The summed E-state index contributed by atoms with van der Waals surface area (Å²) in [7, 11) is 0. The lowest BCUT2D eigenvalue weighted by atomic mass is 10.3. The second-order valence-corrected chi connectivity index (χ2v) is 3.92. The predicted molar refractivity (Wildman–Crippen MR) is 67.0 cm³/mol. The minimum Gasteiger partial charge on any atom is -0.399 e. The highest BCUT2D eigenvalue weighted by atomic mass is 15.1. The van der Waals surface area contributed by atoms with Gasteiger partial charge in [0.05, 0.1) is 42.8 Å². The van der Waals surface area contributed by atoms with Gasteiger partial charge in [-0.1, -0.05) is 0 Å². The molecular weight excluding hydrogens is 228 g/mol. The maximum atomic E-state index is 8.67. The molecule has 90 valence electrons. The average Bonchev–Trinajstić information content (AvgIpc) is 2.71. The van der Waals surface area contributed by atoms with E-state index in [1.807, 2.05) is 24.3 Å². The summed E-state index contributed by atoms with van der Waals surface area (Å²) < 4.78 is 0. The lowest BCUT2D eigenvalue weighted by Crippen LogP contribution is -2.24. The average molecular weight is 240 g/mol. The van der Waals surface area contributed by atoms with Crippen molar-refractivity contribution in [1.82, 2.24) is 14.9 Å². The Hall–Kier alpha value is -2.57. The summed E-state index contributed by atoms with van der Waals surface area (Å²) in [5.74, 6) is 0.723. The Morgan fingerprint density at radius 2 is 2.00 bits per heavy atom. The number of hydrogen-bond acceptors (Lipinski definition) is 5. The van der Waals surface area contributed by atoms with Crippen molar-refractivity contribution in [3.8, 4) is 12.1 Å². The second-order valence-electron chi connectivity index (χ2n) is 3.92. The van der Waals surface area contributed by atoms with E-state index < -0.39 is 0 Å². The number of rotatable bonds is 4. The van der Waals surface area contributed by atoms with Crippen LogP contribution in [0.3, 0.4) is 0 Å². The molecule has 0 bridgehead atoms. The van der Waals surface area contributed by atoms with E-state index in [0.717, 1.165) is 16.9 Å². The molecule has 0 atom stereocenters. The maximum Gasteiger partial charge on any atom is 0.121 e. The van der Waals surface area contributed by atoms with E-state index >= 15 is 0 Å². The van der Waals surface area contributed by atoms with Crippen molar-refractivity contribution in [2.75, 3.05) is 18.8 Å². The lowest BCUT2D eigenvalue weighted by molar-refractivity contribution is 0.327. The van der Waals surface area contributed by atoms with Gasteiger partial charge in [-0.25, -0.2) is 4.98 Å². The Morgan fingerprint density at radius 1 is 1.28 bits per heavy atom. The smallest absolute Gasteiger partial charge is 0.121 e. The molecule has 0 saturated heterocycles. The summed E-state index contributed by atoms with van der Waals surface area (Å²) in [6, 6.07) is 9.49. The molecule has 0 unspecified atom stereocenters. The number of fused-ring (bicyclic) bond motifs is 1. The van der Waals surface area contributed by atoms with Gasteiger partial charge in [0.1, 0.15) is 5.82 Å². The van der Waals surface area contributed by atoms with Crippen LogP contribution in [0.4, 0.5) is 5.69 Å². The normalized spacial score (nSPS) is 10.4. The Balaban J connectivity index is 2.21. The number of anilines is 1. The van der Waals surface area contributed by atoms with Crippen LogP contribution in [0, 0.1) is 22.7 Å². The van der Waals surface area contributed by atoms with Crippen molar-refractivity contribution >= 4 is 16.7 Å². The van der Waals surface area contributed by atoms with Crippen molar-refractivity contribution < 1.29 is 0 Å². The molecule has 0 aliphatic rings. The quantitative estimate of drug-likeness (QED) is 0.612. The zero-order valence-electron chi connectivity index (χ0n) is 9.72. The summed E-state index contributed by atoms with van der Waals surface area (Å²) >= 11 is 0. The molecule has 2 aromatic rings. The van der Waals surface area contributed by atoms with Gasteiger partial charge in [-0.15, -0.1) is 0 Å². The number of aromatic amines is 1. The van der Waals surface area contributed by atoms with E-state index in [1.165, 1.54) is 0 Å². The summed E-state index contributed by atoms with van der Waals surface area (Å²) in [6.45, 7) is 0.842. The number of imidazole rings is 1. The molecule has 0 aliphatic heterocycles. The topological polar surface area (TPSA) is 106 Å². The minimum absolute atomic E-state index is 0.201. The number of nitriles is 2. The third-order valence-electron chi connectivity index (χ3n) is 2.52. The van der Waals surface area contributed by atoms with E-state index in [2.05, 4.69) is 9.97 Å². The van der Waals surface area contributed by atoms with E-state index in [9.17, 15) is 0 Å². The fraction of sp³-hybridized carbons (Fsp3) is 0.250. The Labute approximate surface area is 104 Å². The molecule has 0 saturated carbocycles. The molecule has 3 N–H and O–H groups in total. The van der Waals surface area contributed by atoms with Gasteiger partial charge in [0.25, 0.3) is 0 Å². The van der Waals surface area contributed by atoms with E-state index in [-0.39, 0.29) is 13.1 Å². The molecule has 0 radical (unpaired) electrons. The molecule has 0 aliphatic carbocycles. The van der Waals surface area contributed by atoms with Gasteiger partial charge in [0, 0.05) is 5.69 Å². The molecule has 0 fully saturated rings. The molecule has 6 nitrogen and oxygen atoms in total. The van der Waals surface area contributed by atoms with Gasteiger partial charge in [0.15, 0.2) is 0 Å². The van der Waals surface area contributed by atoms with Crippen LogP contribution in [-0.2, 0) is 6.54 Å². The van der Waals surface area contributed by atoms with Crippen LogP contribution >= 0.6 is 0 Å². The van der Waals surface area contributed by atoms with Crippen molar-refractivity contribution in [3.63, 3.8) is 0 Å². The zero-order chi connectivity index (χ0) is 13.0. The highest BCUT2D eigenvalue weighted by Gasteiger charge is 2.09. The summed E-state index contributed by atoms with van der Waals surface area (Å²) in [4.78, 5) is 9.23. The standard InChI is InChI=1S/C12H12N6/c13-3-5-18(6-4-14)8-12-16-10-2-1-9(15)7-11(10)17-12/h1-2,7H,5-6,8,15H2,(H,16,17). The Bertz CT molecular complexity index is 614. The second kappa shape index (κ2) is 5.17. The van der Waals surface area contributed by atoms with Crippen molar-refractivity contribution in [2.45, 2.75) is 6.54 Å². The first-order chi connectivity index (χ1) is 8.72. The van der Waals surface area contributed by atoms with Crippen molar-refractivity contribution in [3.05, 3.63) is 24.0 Å². The summed E-state index contributed by atoms with van der Waals surface area (Å²) in [5.41, 5.74) is 8.04. The molecule has 1 heterocycles. The SMILES string of the molecule is N#CCN(CC#N)Cc1nc2ccc(N)cc2[nH]1. The predicted octanol–water partition coefficient (Wildman–Crippen LogP) is 0.994. The van der Waals surface area contributed by atoms with Crippen LogP contribution in [0.2, 0.25) is 0 Å². The highest BCUT2D eigenvalue weighted by Crippen LogP contribution is 2.15. The molecule has 1 aromatic carbocycles. The largest absolute Gasteiger partial charge is 0.399 e. The first-order valence-electron chi connectivity index (χ1n) is 5.43. The first-order valence-corrected chi connectivity index (χ1v) is 5.43. The van der Waals surface area contributed by atoms with Gasteiger partial charge < -0.3 is 10.7 Å². The molecular formula is C12H12N6. The number of hydrogen-bond donors (Lipinski definition) is 2. The van der Waals surface area contributed by atoms with Crippen LogP contribution in [0.25, 0.3) is 11.0 Å². The third-order valence-corrected chi connectivity index (χ3v) is 2.52. The Morgan fingerprint density at radius 3 is 2.67 bits per heavy atom. The number of nitrogens with two attached hydrogens (primary N) is 1. The Kier molecular flexibility index (Phi) is 3.42. The number of aromatic nitrogens is 2. The van der Waals surface area contributed by atoms with Crippen molar-refractivity contribution in [2.24, 2.45) is 0 Å². The monoisotopic (exact) mass is 240 g/mol. The fourth-order valence-electron chi connectivity index (χ4n) is 1.73. The van der Waals surface area contributed by atoms with Crippen LogP contribution in [-0.4, -0.2) is 28.0 Å². The number of benzene rings is 1. The van der Waals surface area contributed by atoms with E-state index in [4.69, 9.17) is 16.3 Å². The zero-order valence-corrected chi connectivity index (χ0v) is 9.72. The van der Waals surface area contributed by atoms with Gasteiger partial charge in [0.2, 0.25) is 0 Å². The fourth-order valence-corrected chi connectivity index (χ4v) is 1.73. The number of nitrogen functional groups attached to an aromatic ring is 1. The van der Waals surface area contributed by atoms with Crippen LogP contribution in [0.15, 0.2) is 18.2 Å². The molecule has 0 spiro atoms. The maximum absolute atomic E-state index is 8.67. The van der Waals surface area contributed by atoms with Gasteiger partial charge in [-0.2, -0.15) is 10.5 Å². The van der Waals surface area contributed by atoms with Crippen LogP contribution in [0.5, 0.6) is 0 Å². The summed E-state index contributed by atoms with van der Waals surface area (Å²) in [6.07, 6.45) is 0. The number of nitrogens with one attached hydrogen (secondary N) is 1. The molecule has 0 amide bonds. The van der Waals surface area contributed by atoms with Crippen LogP contribution < -0.4 is 5.73 Å². The van der Waals surface area contributed by atoms with Gasteiger partial charge >= 0.3 is 0 Å². The summed E-state index contributed by atoms with van der Waals surface area (Å²) in [5, 5.41) is 17.3. The molecule has 6 heteroatoms. The van der Waals surface area contributed by atoms with Gasteiger partial charge in [-0.3, -0.25) is 4.90 Å². The molecule has 1 aromatic heterocycles. The van der Waals surface area contributed by atoms with Crippen molar-refractivity contribution in [1.29, 1.82) is 10.5 Å². The van der Waals surface area contributed by atoms with E-state index in [0.29, 0.717) is 12.2 Å².